The highest BCUT2D eigenvalue weighted by atomic mass is 35.5. The predicted molar refractivity (Wildman–Crippen MR) is 95.6 cm³/mol. The molecule has 0 heterocycles. The molecule has 0 radical (unpaired) electrons. The molecule has 0 aliphatic rings. The molecular formula is C19H22ClNO2. The fourth-order valence-electron chi connectivity index (χ4n) is 2.12. The molecule has 0 atom stereocenters. The van der Waals surface area contributed by atoms with E-state index in [-0.39, 0.29) is 5.91 Å². The largest absolute Gasteiger partial charge is 0.494 e. The molecule has 0 unspecified atom stereocenters. The maximum absolute atomic E-state index is 12.2. The number of hydrogen-bond acceptors (Lipinski definition) is 2. The number of ether oxygens (including phenoxy) is 1. The first-order valence-electron chi connectivity index (χ1n) is 7.90. The Labute approximate surface area is 142 Å². The van der Waals surface area contributed by atoms with Gasteiger partial charge in [-0.3, -0.25) is 4.79 Å². The molecule has 0 aromatic heterocycles. The highest BCUT2D eigenvalue weighted by Gasteiger charge is 2.07. The van der Waals surface area contributed by atoms with Crippen LogP contribution < -0.4 is 10.1 Å². The molecule has 0 saturated carbocycles. The van der Waals surface area contributed by atoms with Crippen molar-refractivity contribution in [1.29, 1.82) is 0 Å². The van der Waals surface area contributed by atoms with E-state index in [1.54, 1.807) is 18.2 Å². The second kappa shape index (κ2) is 8.59. The summed E-state index contributed by atoms with van der Waals surface area (Å²) in [5.74, 6) is 0.624. The van der Waals surface area contributed by atoms with E-state index in [0.29, 0.717) is 22.9 Å². The van der Waals surface area contributed by atoms with Crippen LogP contribution in [0.15, 0.2) is 42.5 Å². The van der Waals surface area contributed by atoms with Crippen molar-refractivity contribution in [3.63, 3.8) is 0 Å². The summed E-state index contributed by atoms with van der Waals surface area (Å²) in [7, 11) is 0. The number of anilines is 1. The zero-order valence-corrected chi connectivity index (χ0v) is 14.3. The number of nitrogens with one attached hydrogen (secondary N) is 1. The van der Waals surface area contributed by atoms with Crippen LogP contribution in [-0.4, -0.2) is 12.5 Å². The lowest BCUT2D eigenvalue weighted by atomic mass is 10.2. The molecule has 23 heavy (non-hydrogen) atoms. The normalized spacial score (nSPS) is 10.4. The van der Waals surface area contributed by atoms with E-state index in [9.17, 15) is 4.79 Å². The summed E-state index contributed by atoms with van der Waals surface area (Å²) in [5, 5.41) is 3.48. The lowest BCUT2D eigenvalue weighted by Gasteiger charge is -2.08. The molecule has 3 nitrogen and oxygen atoms in total. The molecule has 0 aliphatic carbocycles. The van der Waals surface area contributed by atoms with Gasteiger partial charge >= 0.3 is 0 Å². The Morgan fingerprint density at radius 3 is 2.52 bits per heavy atom. The Balaban J connectivity index is 1.93. The van der Waals surface area contributed by atoms with Gasteiger partial charge in [-0.05, 0) is 55.3 Å². The molecule has 2 rings (SSSR count). The predicted octanol–water partition coefficient (Wildman–Crippen LogP) is 5.47. The number of halogens is 1. The van der Waals surface area contributed by atoms with Crippen LogP contribution in [0.25, 0.3) is 0 Å². The summed E-state index contributed by atoms with van der Waals surface area (Å²) in [5.41, 5.74) is 2.25. The zero-order valence-electron chi connectivity index (χ0n) is 13.6. The Morgan fingerprint density at radius 2 is 1.87 bits per heavy atom. The van der Waals surface area contributed by atoms with E-state index in [2.05, 4.69) is 12.2 Å². The molecule has 1 amide bonds. The van der Waals surface area contributed by atoms with Crippen LogP contribution in [0.2, 0.25) is 5.02 Å². The van der Waals surface area contributed by atoms with Gasteiger partial charge in [0.1, 0.15) is 5.75 Å². The first-order valence-corrected chi connectivity index (χ1v) is 8.28. The first kappa shape index (κ1) is 17.4. The molecule has 122 valence electrons. The maximum Gasteiger partial charge on any atom is 0.255 e. The number of benzene rings is 2. The van der Waals surface area contributed by atoms with Crippen molar-refractivity contribution in [3.8, 4) is 5.75 Å². The summed E-state index contributed by atoms with van der Waals surface area (Å²) in [6.45, 7) is 4.79. The van der Waals surface area contributed by atoms with Crippen LogP contribution in [0.5, 0.6) is 5.75 Å². The highest BCUT2D eigenvalue weighted by Crippen LogP contribution is 2.21. The minimum Gasteiger partial charge on any atom is -0.494 e. The summed E-state index contributed by atoms with van der Waals surface area (Å²) in [6.07, 6.45) is 3.39. The van der Waals surface area contributed by atoms with Crippen molar-refractivity contribution < 1.29 is 9.53 Å². The minimum absolute atomic E-state index is 0.164. The lowest BCUT2D eigenvalue weighted by Crippen LogP contribution is -2.11. The SMILES string of the molecule is CCCCCOc1ccc(C(=O)Nc2ccc(C)c(Cl)c2)cc1. The highest BCUT2D eigenvalue weighted by molar-refractivity contribution is 6.31. The smallest absolute Gasteiger partial charge is 0.255 e. The van der Waals surface area contributed by atoms with Gasteiger partial charge in [0.25, 0.3) is 5.91 Å². The molecular weight excluding hydrogens is 310 g/mol. The van der Waals surface area contributed by atoms with Crippen LogP contribution >= 0.6 is 11.6 Å². The number of carbonyl (C=O) groups excluding carboxylic acids is 1. The summed E-state index contributed by atoms with van der Waals surface area (Å²) in [4.78, 5) is 12.2. The quantitative estimate of drug-likeness (QED) is 0.683. The average molecular weight is 332 g/mol. The number of rotatable bonds is 7. The fourth-order valence-corrected chi connectivity index (χ4v) is 2.30. The van der Waals surface area contributed by atoms with Gasteiger partial charge < -0.3 is 10.1 Å². The number of amides is 1. The molecule has 0 spiro atoms. The van der Waals surface area contributed by atoms with E-state index in [0.717, 1.165) is 17.7 Å². The molecule has 1 N–H and O–H groups in total. The molecule has 0 saturated heterocycles. The van der Waals surface area contributed by atoms with Gasteiger partial charge in [-0.25, -0.2) is 0 Å². The Hall–Kier alpha value is -2.00. The number of carbonyl (C=O) groups is 1. The van der Waals surface area contributed by atoms with Crippen molar-refractivity contribution in [2.45, 2.75) is 33.1 Å². The van der Waals surface area contributed by atoms with Gasteiger partial charge in [-0.2, -0.15) is 0 Å². The molecule has 2 aromatic carbocycles. The van der Waals surface area contributed by atoms with Gasteiger partial charge in [0.05, 0.1) is 6.61 Å². The second-order valence-corrected chi connectivity index (χ2v) is 5.91. The van der Waals surface area contributed by atoms with E-state index in [4.69, 9.17) is 16.3 Å². The summed E-state index contributed by atoms with van der Waals surface area (Å²) in [6, 6.07) is 12.6. The zero-order chi connectivity index (χ0) is 16.7. The maximum atomic E-state index is 12.2. The first-order chi connectivity index (χ1) is 11.1. The van der Waals surface area contributed by atoms with Crippen molar-refractivity contribution >= 4 is 23.2 Å². The third-order valence-corrected chi connectivity index (χ3v) is 3.97. The van der Waals surface area contributed by atoms with E-state index >= 15 is 0 Å². The van der Waals surface area contributed by atoms with Gasteiger partial charge in [0.2, 0.25) is 0 Å². The molecule has 0 bridgehead atoms. The summed E-state index contributed by atoms with van der Waals surface area (Å²) < 4.78 is 5.64. The third kappa shape index (κ3) is 5.29. The Kier molecular flexibility index (Phi) is 6.48. The number of aryl methyl sites for hydroxylation is 1. The van der Waals surface area contributed by atoms with Crippen LogP contribution in [0.1, 0.15) is 42.1 Å². The van der Waals surface area contributed by atoms with Crippen LogP contribution in [0.3, 0.4) is 0 Å². The minimum atomic E-state index is -0.164. The number of unbranched alkanes of at least 4 members (excludes halogenated alkanes) is 2. The topological polar surface area (TPSA) is 38.3 Å². The van der Waals surface area contributed by atoms with Crippen molar-refractivity contribution in [2.24, 2.45) is 0 Å². The van der Waals surface area contributed by atoms with Crippen LogP contribution in [0, 0.1) is 6.92 Å². The average Bonchev–Trinajstić information content (AvgIpc) is 2.55. The Morgan fingerprint density at radius 1 is 1.13 bits per heavy atom. The third-order valence-electron chi connectivity index (χ3n) is 3.56. The molecule has 2 aromatic rings. The fraction of sp³-hybridized carbons (Fsp3) is 0.316. The van der Waals surface area contributed by atoms with Gasteiger partial charge in [-0.15, -0.1) is 0 Å². The van der Waals surface area contributed by atoms with E-state index in [1.807, 2.05) is 31.2 Å². The van der Waals surface area contributed by atoms with Crippen LogP contribution in [0.4, 0.5) is 5.69 Å². The lowest BCUT2D eigenvalue weighted by molar-refractivity contribution is 0.102. The molecule has 0 aliphatic heterocycles. The molecule has 0 fully saturated rings. The van der Waals surface area contributed by atoms with Crippen molar-refractivity contribution in [1.82, 2.24) is 0 Å². The van der Waals surface area contributed by atoms with E-state index < -0.39 is 0 Å². The second-order valence-electron chi connectivity index (χ2n) is 5.50. The standard InChI is InChI=1S/C19H22ClNO2/c1-3-4-5-12-23-17-10-7-15(8-11-17)19(22)21-16-9-6-14(2)18(20)13-16/h6-11,13H,3-5,12H2,1-2H3,(H,21,22). The van der Waals surface area contributed by atoms with Gasteiger partial charge in [-0.1, -0.05) is 37.4 Å². The summed E-state index contributed by atoms with van der Waals surface area (Å²) >= 11 is 6.07. The van der Waals surface area contributed by atoms with Gasteiger partial charge in [0, 0.05) is 16.3 Å². The van der Waals surface area contributed by atoms with Crippen LogP contribution in [-0.2, 0) is 0 Å². The Bertz CT molecular complexity index is 653. The monoisotopic (exact) mass is 331 g/mol. The van der Waals surface area contributed by atoms with Gasteiger partial charge in [0.15, 0.2) is 0 Å². The molecule has 4 heteroatoms. The van der Waals surface area contributed by atoms with Crippen molar-refractivity contribution in [3.05, 3.63) is 58.6 Å². The van der Waals surface area contributed by atoms with E-state index in [1.165, 1.54) is 12.8 Å². The number of hydrogen-bond donors (Lipinski definition) is 1. The van der Waals surface area contributed by atoms with Crippen molar-refractivity contribution in [2.75, 3.05) is 11.9 Å².